The van der Waals surface area contributed by atoms with Crippen LogP contribution in [-0.2, 0) is 9.53 Å². The van der Waals surface area contributed by atoms with Crippen molar-refractivity contribution < 1.29 is 24.2 Å². The van der Waals surface area contributed by atoms with Crippen LogP contribution in [0.1, 0.15) is 55.2 Å². The summed E-state index contributed by atoms with van der Waals surface area (Å²) >= 11 is 0. The minimum Gasteiger partial charge on any atom is -0.503 e. The van der Waals surface area contributed by atoms with Crippen molar-refractivity contribution in [3.8, 4) is 11.5 Å². The summed E-state index contributed by atoms with van der Waals surface area (Å²) in [5.74, 6) is -1.25. The maximum absolute atomic E-state index is 12.6. The number of rotatable bonds is 8. The molecular formula is C23H30N2O5. The molecule has 162 valence electrons. The molecule has 0 aliphatic carbocycles. The van der Waals surface area contributed by atoms with Crippen LogP contribution in [0.15, 0.2) is 36.5 Å². The van der Waals surface area contributed by atoms with E-state index in [1.807, 2.05) is 32.0 Å². The molecule has 3 atom stereocenters. The number of ether oxygens (including phenoxy) is 2. The molecule has 0 bridgehead atoms. The predicted molar refractivity (Wildman–Crippen MR) is 114 cm³/mol. The van der Waals surface area contributed by atoms with Crippen LogP contribution in [0, 0.1) is 12.8 Å². The van der Waals surface area contributed by atoms with E-state index in [-0.39, 0.29) is 35.1 Å². The number of carbonyl (C=O) groups excluding carboxylic acids is 2. The highest BCUT2D eigenvalue weighted by atomic mass is 16.5. The van der Waals surface area contributed by atoms with Crippen molar-refractivity contribution in [1.82, 2.24) is 10.3 Å². The molecule has 1 amide bonds. The van der Waals surface area contributed by atoms with Gasteiger partial charge in [-0.25, -0.2) is 9.78 Å². The van der Waals surface area contributed by atoms with Gasteiger partial charge in [-0.2, -0.15) is 0 Å². The minimum atomic E-state index is -0.919. The summed E-state index contributed by atoms with van der Waals surface area (Å²) in [7, 11) is 1.37. The molecule has 0 unspecified atom stereocenters. The van der Waals surface area contributed by atoms with Crippen LogP contribution in [-0.4, -0.2) is 41.2 Å². The quantitative estimate of drug-likeness (QED) is 0.641. The fourth-order valence-corrected chi connectivity index (χ4v) is 3.53. The van der Waals surface area contributed by atoms with Gasteiger partial charge < -0.3 is 19.9 Å². The van der Waals surface area contributed by atoms with E-state index in [4.69, 9.17) is 9.47 Å². The summed E-state index contributed by atoms with van der Waals surface area (Å²) in [6.07, 6.45) is 0.954. The number of aromatic hydroxyl groups is 1. The molecule has 1 heterocycles. The van der Waals surface area contributed by atoms with Crippen molar-refractivity contribution >= 4 is 11.9 Å². The first-order chi connectivity index (χ1) is 14.1. The predicted octanol–water partition coefficient (Wildman–Crippen LogP) is 3.59. The van der Waals surface area contributed by atoms with Crippen molar-refractivity contribution in [2.45, 2.75) is 52.7 Å². The molecule has 0 aliphatic heterocycles. The Labute approximate surface area is 177 Å². The van der Waals surface area contributed by atoms with Crippen LogP contribution in [0.2, 0.25) is 0 Å². The van der Waals surface area contributed by atoms with Crippen molar-refractivity contribution in [3.63, 3.8) is 0 Å². The average molecular weight is 415 g/mol. The van der Waals surface area contributed by atoms with Gasteiger partial charge in [0, 0.05) is 18.2 Å². The van der Waals surface area contributed by atoms with Crippen LogP contribution in [0.3, 0.4) is 0 Å². The number of pyridine rings is 1. The lowest BCUT2D eigenvalue weighted by Gasteiger charge is -2.29. The highest BCUT2D eigenvalue weighted by Crippen LogP contribution is 2.31. The van der Waals surface area contributed by atoms with Crippen LogP contribution in [0.25, 0.3) is 0 Å². The molecule has 0 fully saturated rings. The monoisotopic (exact) mass is 414 g/mol. The zero-order valence-corrected chi connectivity index (χ0v) is 18.3. The number of hydrogen-bond acceptors (Lipinski definition) is 6. The van der Waals surface area contributed by atoms with Gasteiger partial charge in [-0.3, -0.25) is 4.79 Å². The van der Waals surface area contributed by atoms with Gasteiger partial charge in [-0.05, 0) is 32.3 Å². The van der Waals surface area contributed by atoms with E-state index >= 15 is 0 Å². The van der Waals surface area contributed by atoms with Crippen molar-refractivity contribution in [2.75, 3.05) is 7.11 Å². The Hall–Kier alpha value is -3.09. The van der Waals surface area contributed by atoms with E-state index in [2.05, 4.69) is 30.2 Å². The van der Waals surface area contributed by atoms with Gasteiger partial charge in [0.05, 0.1) is 7.11 Å². The Morgan fingerprint density at radius 2 is 1.83 bits per heavy atom. The Morgan fingerprint density at radius 1 is 1.13 bits per heavy atom. The molecule has 7 heteroatoms. The number of nitrogens with one attached hydrogen (secondary N) is 1. The molecule has 2 N–H and O–H groups in total. The van der Waals surface area contributed by atoms with Crippen LogP contribution >= 0.6 is 0 Å². The lowest BCUT2D eigenvalue weighted by molar-refractivity contribution is -0.151. The summed E-state index contributed by atoms with van der Waals surface area (Å²) in [6, 6.07) is 8.66. The lowest BCUT2D eigenvalue weighted by Crippen LogP contribution is -2.42. The normalized spacial score (nSPS) is 14.0. The van der Waals surface area contributed by atoms with E-state index in [1.54, 1.807) is 0 Å². The molecule has 1 aromatic heterocycles. The third kappa shape index (κ3) is 5.49. The molecule has 2 rings (SSSR count). The van der Waals surface area contributed by atoms with Crippen molar-refractivity contribution in [1.29, 1.82) is 0 Å². The largest absolute Gasteiger partial charge is 0.503 e. The first kappa shape index (κ1) is 23.2. The SMILES string of the molecule is COc1ccnc(C(=O)N[C@@H](C)C(=O)O[C@@H](C)[C@H](c2cccc(C)c2)C(C)C)c1O. The number of esters is 1. The summed E-state index contributed by atoms with van der Waals surface area (Å²) in [5, 5.41) is 12.6. The van der Waals surface area contributed by atoms with Gasteiger partial charge in [-0.15, -0.1) is 0 Å². The Bertz CT molecular complexity index is 897. The van der Waals surface area contributed by atoms with Crippen molar-refractivity contribution in [2.24, 2.45) is 5.92 Å². The van der Waals surface area contributed by atoms with Crippen LogP contribution < -0.4 is 10.1 Å². The van der Waals surface area contributed by atoms with Gasteiger partial charge in [0.15, 0.2) is 17.2 Å². The number of carbonyl (C=O) groups is 2. The number of nitrogens with zero attached hydrogens (tertiary/aromatic N) is 1. The maximum Gasteiger partial charge on any atom is 0.328 e. The number of aryl methyl sites for hydroxylation is 1. The van der Waals surface area contributed by atoms with E-state index in [9.17, 15) is 14.7 Å². The van der Waals surface area contributed by atoms with Crippen LogP contribution in [0.5, 0.6) is 11.5 Å². The van der Waals surface area contributed by atoms with E-state index < -0.39 is 17.9 Å². The van der Waals surface area contributed by atoms with Gasteiger partial charge in [0.2, 0.25) is 0 Å². The molecule has 0 radical (unpaired) electrons. The summed E-state index contributed by atoms with van der Waals surface area (Å²) in [4.78, 5) is 28.9. The highest BCUT2D eigenvalue weighted by Gasteiger charge is 2.29. The van der Waals surface area contributed by atoms with Crippen LogP contribution in [0.4, 0.5) is 0 Å². The topological polar surface area (TPSA) is 97.8 Å². The second-order valence-electron chi connectivity index (χ2n) is 7.73. The van der Waals surface area contributed by atoms with Crippen molar-refractivity contribution in [3.05, 3.63) is 53.3 Å². The highest BCUT2D eigenvalue weighted by molar-refractivity contribution is 5.97. The molecule has 7 nitrogen and oxygen atoms in total. The smallest absolute Gasteiger partial charge is 0.328 e. The summed E-state index contributed by atoms with van der Waals surface area (Å²) in [5.41, 5.74) is 2.03. The third-order valence-electron chi connectivity index (χ3n) is 4.98. The summed E-state index contributed by atoms with van der Waals surface area (Å²) < 4.78 is 10.7. The average Bonchev–Trinajstić information content (AvgIpc) is 2.67. The maximum atomic E-state index is 12.6. The number of methoxy groups -OCH3 is 1. The number of amides is 1. The lowest BCUT2D eigenvalue weighted by atomic mass is 9.84. The number of hydrogen-bond donors (Lipinski definition) is 2. The zero-order valence-electron chi connectivity index (χ0n) is 18.3. The standard InChI is InChI=1S/C23H30N2O5/c1-13(2)19(17-9-7-8-14(3)12-17)16(5)30-23(28)15(4)25-22(27)20-21(26)18(29-6)10-11-24-20/h7-13,15-16,19,26H,1-6H3,(H,25,27)/t15-,16-,19+/m0/s1. The number of aromatic nitrogens is 1. The third-order valence-corrected chi connectivity index (χ3v) is 4.98. The zero-order chi connectivity index (χ0) is 22.4. The van der Waals surface area contributed by atoms with Gasteiger partial charge in [0.25, 0.3) is 5.91 Å². The number of benzene rings is 1. The Morgan fingerprint density at radius 3 is 2.43 bits per heavy atom. The fourth-order valence-electron chi connectivity index (χ4n) is 3.53. The molecular weight excluding hydrogens is 384 g/mol. The van der Waals surface area contributed by atoms with E-state index in [0.29, 0.717) is 0 Å². The minimum absolute atomic E-state index is 0.0147. The first-order valence-corrected chi connectivity index (χ1v) is 9.95. The second kappa shape index (κ2) is 10.1. The summed E-state index contributed by atoms with van der Waals surface area (Å²) in [6.45, 7) is 9.58. The molecule has 2 aromatic rings. The van der Waals surface area contributed by atoms with E-state index in [1.165, 1.54) is 26.3 Å². The molecule has 0 spiro atoms. The fraction of sp³-hybridized carbons (Fsp3) is 0.435. The van der Waals surface area contributed by atoms with E-state index in [0.717, 1.165) is 11.1 Å². The first-order valence-electron chi connectivity index (χ1n) is 9.95. The molecule has 0 aliphatic rings. The molecule has 0 saturated carbocycles. The van der Waals surface area contributed by atoms with Gasteiger partial charge in [-0.1, -0.05) is 43.7 Å². The Balaban J connectivity index is 2.08. The van der Waals surface area contributed by atoms with Gasteiger partial charge >= 0.3 is 5.97 Å². The second-order valence-corrected chi connectivity index (χ2v) is 7.73. The molecule has 1 aromatic carbocycles. The Kier molecular flexibility index (Phi) is 7.80. The molecule has 30 heavy (non-hydrogen) atoms. The van der Waals surface area contributed by atoms with Gasteiger partial charge in [0.1, 0.15) is 12.1 Å². The molecule has 0 saturated heterocycles.